The van der Waals surface area contributed by atoms with Crippen molar-refractivity contribution in [2.75, 3.05) is 0 Å². The van der Waals surface area contributed by atoms with Gasteiger partial charge < -0.3 is 10.2 Å². The van der Waals surface area contributed by atoms with Crippen molar-refractivity contribution < 1.29 is 10.2 Å². The molecule has 2 atom stereocenters. The molecule has 0 fully saturated rings. The van der Waals surface area contributed by atoms with Gasteiger partial charge in [-0.25, -0.2) is 0 Å². The van der Waals surface area contributed by atoms with Gasteiger partial charge in [0.1, 0.15) is 6.10 Å². The lowest BCUT2D eigenvalue weighted by Gasteiger charge is -2.42. The van der Waals surface area contributed by atoms with E-state index in [-0.39, 0.29) is 17.3 Å². The second-order valence-electron chi connectivity index (χ2n) is 7.90. The van der Waals surface area contributed by atoms with Crippen LogP contribution in [0.2, 0.25) is 0 Å². The van der Waals surface area contributed by atoms with Gasteiger partial charge in [0, 0.05) is 0 Å². The molecule has 2 rings (SSSR count). The fourth-order valence-electron chi connectivity index (χ4n) is 3.47. The molecule has 3 heteroatoms. The molecule has 0 radical (unpaired) electrons. The summed E-state index contributed by atoms with van der Waals surface area (Å²) < 4.78 is 0. The van der Waals surface area contributed by atoms with Crippen LogP contribution >= 0.6 is 0 Å². The van der Waals surface area contributed by atoms with Crippen LogP contribution in [-0.4, -0.2) is 16.3 Å². The molecule has 0 saturated carbocycles. The van der Waals surface area contributed by atoms with Crippen LogP contribution in [-0.2, 0) is 10.8 Å². The molecular formula is C19H27NO2. The highest BCUT2D eigenvalue weighted by Gasteiger charge is 2.38. The first-order chi connectivity index (χ1) is 10.1. The van der Waals surface area contributed by atoms with Crippen LogP contribution in [0.25, 0.3) is 0 Å². The normalized spacial score (nSPS) is 21.5. The standard InChI is InChI=1S/C19H27NO2/c1-12-10-14-15(19(4,5)8-7-18(14,2)3)11-13(12)17(22)16(21)6-9-20/h10-11,16-17,21-22H,6-8H2,1-5H3. The smallest absolute Gasteiger partial charge is 0.106 e. The summed E-state index contributed by atoms with van der Waals surface area (Å²) in [7, 11) is 0. The van der Waals surface area contributed by atoms with Gasteiger partial charge in [-0.05, 0) is 52.8 Å². The maximum absolute atomic E-state index is 10.4. The van der Waals surface area contributed by atoms with Crippen molar-refractivity contribution in [1.29, 1.82) is 5.26 Å². The summed E-state index contributed by atoms with van der Waals surface area (Å²) in [6, 6.07) is 6.13. The Morgan fingerprint density at radius 2 is 1.59 bits per heavy atom. The topological polar surface area (TPSA) is 64.2 Å². The molecule has 1 aromatic rings. The Labute approximate surface area is 133 Å². The number of benzene rings is 1. The van der Waals surface area contributed by atoms with Crippen LogP contribution in [0.3, 0.4) is 0 Å². The fraction of sp³-hybridized carbons (Fsp3) is 0.632. The molecule has 120 valence electrons. The Morgan fingerprint density at radius 1 is 1.09 bits per heavy atom. The molecule has 0 spiro atoms. The van der Waals surface area contributed by atoms with Gasteiger partial charge in [-0.3, -0.25) is 0 Å². The van der Waals surface area contributed by atoms with Crippen molar-refractivity contribution in [2.24, 2.45) is 0 Å². The Bertz CT molecular complexity index is 611. The van der Waals surface area contributed by atoms with E-state index < -0.39 is 12.2 Å². The molecule has 0 bridgehead atoms. The van der Waals surface area contributed by atoms with Gasteiger partial charge in [-0.15, -0.1) is 0 Å². The van der Waals surface area contributed by atoms with E-state index >= 15 is 0 Å². The first-order valence-corrected chi connectivity index (χ1v) is 7.99. The molecule has 0 aromatic heterocycles. The van der Waals surface area contributed by atoms with Gasteiger partial charge in [0.2, 0.25) is 0 Å². The lowest BCUT2D eigenvalue weighted by atomic mass is 9.62. The zero-order chi connectivity index (χ0) is 16.7. The van der Waals surface area contributed by atoms with E-state index in [1.807, 2.05) is 13.0 Å². The number of hydrogen-bond acceptors (Lipinski definition) is 3. The third-order valence-corrected chi connectivity index (χ3v) is 5.22. The summed E-state index contributed by atoms with van der Waals surface area (Å²) in [6.07, 6.45) is 0.136. The van der Waals surface area contributed by atoms with Crippen molar-refractivity contribution in [3.8, 4) is 6.07 Å². The minimum atomic E-state index is -1.04. The largest absolute Gasteiger partial charge is 0.389 e. The summed E-state index contributed by atoms with van der Waals surface area (Å²) >= 11 is 0. The molecule has 0 saturated heterocycles. The Balaban J connectivity index is 2.55. The van der Waals surface area contributed by atoms with Crippen LogP contribution < -0.4 is 0 Å². The number of aliphatic hydroxyl groups is 2. The average Bonchev–Trinajstić information content (AvgIpc) is 2.43. The number of aryl methyl sites for hydroxylation is 1. The van der Waals surface area contributed by atoms with E-state index in [0.29, 0.717) is 0 Å². The van der Waals surface area contributed by atoms with E-state index in [1.54, 1.807) is 0 Å². The summed E-state index contributed by atoms with van der Waals surface area (Å²) in [6.45, 7) is 11.0. The maximum Gasteiger partial charge on any atom is 0.106 e. The number of fused-ring (bicyclic) bond motifs is 1. The van der Waals surface area contributed by atoms with Crippen molar-refractivity contribution in [3.05, 3.63) is 34.4 Å². The third kappa shape index (κ3) is 2.91. The zero-order valence-corrected chi connectivity index (χ0v) is 14.3. The number of aliphatic hydroxyl groups excluding tert-OH is 2. The van der Waals surface area contributed by atoms with Crippen LogP contribution in [0.1, 0.15) is 75.3 Å². The predicted octanol–water partition coefficient (Wildman–Crippen LogP) is 3.65. The summed E-state index contributed by atoms with van der Waals surface area (Å²) in [5, 5.41) is 29.1. The van der Waals surface area contributed by atoms with Gasteiger partial charge in [0.05, 0.1) is 18.6 Å². The maximum atomic E-state index is 10.4. The summed E-state index contributed by atoms with van der Waals surface area (Å²) in [4.78, 5) is 0. The van der Waals surface area contributed by atoms with Crippen LogP contribution in [0.4, 0.5) is 0 Å². The second-order valence-corrected chi connectivity index (χ2v) is 7.90. The van der Waals surface area contributed by atoms with Crippen molar-refractivity contribution >= 4 is 0 Å². The number of nitrogens with zero attached hydrogens (tertiary/aromatic N) is 1. The molecule has 0 amide bonds. The van der Waals surface area contributed by atoms with E-state index in [0.717, 1.165) is 24.0 Å². The molecule has 22 heavy (non-hydrogen) atoms. The van der Waals surface area contributed by atoms with Gasteiger partial charge in [0.15, 0.2) is 0 Å². The monoisotopic (exact) mass is 301 g/mol. The molecule has 3 nitrogen and oxygen atoms in total. The number of rotatable bonds is 3. The molecule has 1 aliphatic carbocycles. The molecule has 2 N–H and O–H groups in total. The van der Waals surface area contributed by atoms with Crippen molar-refractivity contribution in [1.82, 2.24) is 0 Å². The quantitative estimate of drug-likeness (QED) is 0.895. The van der Waals surface area contributed by atoms with Crippen molar-refractivity contribution in [2.45, 2.75) is 76.9 Å². The van der Waals surface area contributed by atoms with Crippen LogP contribution in [0.15, 0.2) is 12.1 Å². The SMILES string of the molecule is Cc1cc2c(cc1C(O)C(O)CC#N)C(C)(C)CCC2(C)C. The van der Waals surface area contributed by atoms with E-state index in [9.17, 15) is 10.2 Å². The predicted molar refractivity (Wildman–Crippen MR) is 87.7 cm³/mol. The number of hydrogen-bond donors (Lipinski definition) is 2. The highest BCUT2D eigenvalue weighted by atomic mass is 16.3. The molecule has 1 aliphatic rings. The van der Waals surface area contributed by atoms with Gasteiger partial charge in [-0.1, -0.05) is 39.8 Å². The Morgan fingerprint density at radius 3 is 2.09 bits per heavy atom. The van der Waals surface area contributed by atoms with Gasteiger partial charge >= 0.3 is 0 Å². The Hall–Kier alpha value is -1.37. The lowest BCUT2D eigenvalue weighted by molar-refractivity contribution is 0.0211. The third-order valence-electron chi connectivity index (χ3n) is 5.22. The molecular weight excluding hydrogens is 274 g/mol. The molecule has 0 heterocycles. The molecule has 0 aliphatic heterocycles. The van der Waals surface area contributed by atoms with E-state index in [4.69, 9.17) is 5.26 Å². The Kier molecular flexibility index (Phi) is 4.39. The van der Waals surface area contributed by atoms with E-state index in [1.165, 1.54) is 11.1 Å². The fourth-order valence-corrected chi connectivity index (χ4v) is 3.47. The minimum absolute atomic E-state index is 0.0627. The lowest BCUT2D eigenvalue weighted by Crippen LogP contribution is -2.34. The molecule has 2 unspecified atom stereocenters. The minimum Gasteiger partial charge on any atom is -0.389 e. The first-order valence-electron chi connectivity index (χ1n) is 7.99. The molecule has 1 aromatic carbocycles. The average molecular weight is 301 g/mol. The first kappa shape index (κ1) is 17.0. The highest BCUT2D eigenvalue weighted by molar-refractivity contribution is 5.47. The van der Waals surface area contributed by atoms with E-state index in [2.05, 4.69) is 39.8 Å². The number of nitriles is 1. The summed E-state index contributed by atoms with van der Waals surface area (Å²) in [5.74, 6) is 0. The second kappa shape index (κ2) is 5.68. The highest BCUT2D eigenvalue weighted by Crippen LogP contribution is 2.47. The summed E-state index contributed by atoms with van der Waals surface area (Å²) in [5.41, 5.74) is 4.51. The van der Waals surface area contributed by atoms with Gasteiger partial charge in [0.25, 0.3) is 0 Å². The zero-order valence-electron chi connectivity index (χ0n) is 14.3. The van der Waals surface area contributed by atoms with Crippen LogP contribution in [0.5, 0.6) is 0 Å². The van der Waals surface area contributed by atoms with Gasteiger partial charge in [-0.2, -0.15) is 5.26 Å². The van der Waals surface area contributed by atoms with Crippen LogP contribution in [0, 0.1) is 18.3 Å². The van der Waals surface area contributed by atoms with Crippen molar-refractivity contribution in [3.63, 3.8) is 0 Å².